The Bertz CT molecular complexity index is 1050. The Morgan fingerprint density at radius 2 is 1.86 bits per heavy atom. The molecule has 3 rings (SSSR count). The molecule has 0 aliphatic carbocycles. The van der Waals surface area contributed by atoms with E-state index in [1.165, 1.54) is 36.4 Å². The van der Waals surface area contributed by atoms with Crippen LogP contribution in [0.15, 0.2) is 65.1 Å². The van der Waals surface area contributed by atoms with Crippen molar-refractivity contribution < 1.29 is 23.7 Å². The number of esters is 1. The SMILES string of the molecule is O=C(COC(=O)c1ccc(-c2ccc([N+](=O)[O-])cc2)o1)NCc1cccc(Cl)c1. The van der Waals surface area contributed by atoms with Gasteiger partial charge in [0.1, 0.15) is 5.76 Å². The Hall–Kier alpha value is -3.65. The van der Waals surface area contributed by atoms with Crippen molar-refractivity contribution in [1.29, 1.82) is 0 Å². The smallest absolute Gasteiger partial charge is 0.374 e. The number of nitrogens with zero attached hydrogens (tertiary/aromatic N) is 1. The van der Waals surface area contributed by atoms with Crippen LogP contribution in [0.25, 0.3) is 11.3 Å². The van der Waals surface area contributed by atoms with Gasteiger partial charge >= 0.3 is 5.97 Å². The second-order valence-corrected chi connectivity index (χ2v) is 6.39. The molecule has 0 atom stereocenters. The number of nitrogens with one attached hydrogen (secondary N) is 1. The summed E-state index contributed by atoms with van der Waals surface area (Å²) in [5.41, 5.74) is 1.33. The van der Waals surface area contributed by atoms with Crippen molar-refractivity contribution in [2.75, 3.05) is 6.61 Å². The molecule has 29 heavy (non-hydrogen) atoms. The molecular weight excluding hydrogens is 400 g/mol. The minimum atomic E-state index is -0.795. The Morgan fingerprint density at radius 3 is 2.55 bits per heavy atom. The molecule has 3 aromatic rings. The maximum absolute atomic E-state index is 12.1. The molecule has 1 aromatic heterocycles. The van der Waals surface area contributed by atoms with Gasteiger partial charge in [0.15, 0.2) is 6.61 Å². The van der Waals surface area contributed by atoms with Crippen LogP contribution in [0.1, 0.15) is 16.1 Å². The number of halogens is 1. The molecular formula is C20H15ClN2O6. The van der Waals surface area contributed by atoms with Crippen LogP contribution >= 0.6 is 11.6 Å². The first-order valence-electron chi connectivity index (χ1n) is 8.45. The molecule has 0 bridgehead atoms. The number of hydrogen-bond acceptors (Lipinski definition) is 6. The van der Waals surface area contributed by atoms with Crippen molar-refractivity contribution in [3.63, 3.8) is 0 Å². The molecule has 0 fully saturated rings. The first-order chi connectivity index (χ1) is 13.9. The Balaban J connectivity index is 1.52. The molecule has 1 amide bonds. The number of carbonyl (C=O) groups excluding carboxylic acids is 2. The maximum Gasteiger partial charge on any atom is 0.374 e. The van der Waals surface area contributed by atoms with Gasteiger partial charge in [-0.1, -0.05) is 23.7 Å². The number of ether oxygens (including phenoxy) is 1. The summed E-state index contributed by atoms with van der Waals surface area (Å²) in [6.07, 6.45) is 0. The molecule has 0 radical (unpaired) electrons. The highest BCUT2D eigenvalue weighted by atomic mass is 35.5. The first-order valence-corrected chi connectivity index (χ1v) is 8.83. The average Bonchev–Trinajstić information content (AvgIpc) is 3.21. The fourth-order valence-electron chi connectivity index (χ4n) is 2.45. The van der Waals surface area contributed by atoms with Gasteiger partial charge in [-0.3, -0.25) is 14.9 Å². The van der Waals surface area contributed by atoms with Crippen LogP contribution in [0.2, 0.25) is 5.02 Å². The van der Waals surface area contributed by atoms with Gasteiger partial charge in [-0.15, -0.1) is 0 Å². The van der Waals surface area contributed by atoms with Gasteiger partial charge < -0.3 is 14.5 Å². The van der Waals surface area contributed by atoms with E-state index in [0.29, 0.717) is 16.3 Å². The summed E-state index contributed by atoms with van der Waals surface area (Å²) in [4.78, 5) is 34.1. The van der Waals surface area contributed by atoms with E-state index in [2.05, 4.69) is 5.32 Å². The van der Waals surface area contributed by atoms with Crippen LogP contribution in [0.3, 0.4) is 0 Å². The number of benzene rings is 2. The normalized spacial score (nSPS) is 10.4. The highest BCUT2D eigenvalue weighted by Crippen LogP contribution is 2.24. The third-order valence-electron chi connectivity index (χ3n) is 3.88. The van der Waals surface area contributed by atoms with Gasteiger partial charge in [-0.2, -0.15) is 0 Å². The van der Waals surface area contributed by atoms with Crippen molar-refractivity contribution in [1.82, 2.24) is 5.32 Å². The molecule has 0 aliphatic heterocycles. The molecule has 148 valence electrons. The average molecular weight is 415 g/mol. The van der Waals surface area contributed by atoms with Crippen LogP contribution in [0.4, 0.5) is 5.69 Å². The number of amides is 1. The van der Waals surface area contributed by atoms with Crippen LogP contribution in [-0.4, -0.2) is 23.4 Å². The van der Waals surface area contributed by atoms with E-state index in [1.807, 2.05) is 0 Å². The third kappa shape index (κ3) is 5.43. The minimum absolute atomic E-state index is 0.0521. The molecule has 0 unspecified atom stereocenters. The highest BCUT2D eigenvalue weighted by molar-refractivity contribution is 6.30. The van der Waals surface area contributed by atoms with E-state index in [-0.39, 0.29) is 18.0 Å². The molecule has 0 spiro atoms. The van der Waals surface area contributed by atoms with Gasteiger partial charge in [0.05, 0.1) is 4.92 Å². The highest BCUT2D eigenvalue weighted by Gasteiger charge is 2.16. The Kier molecular flexibility index (Phi) is 6.25. The summed E-state index contributed by atoms with van der Waals surface area (Å²) in [6, 6.07) is 15.6. The molecule has 9 heteroatoms. The second kappa shape index (κ2) is 9.03. The van der Waals surface area contributed by atoms with Gasteiger partial charge in [-0.05, 0) is 42.0 Å². The van der Waals surface area contributed by atoms with Gasteiger partial charge in [-0.25, -0.2) is 4.79 Å². The van der Waals surface area contributed by atoms with Crippen LogP contribution in [-0.2, 0) is 16.1 Å². The quantitative estimate of drug-likeness (QED) is 0.355. The van der Waals surface area contributed by atoms with Crippen molar-refractivity contribution in [2.45, 2.75) is 6.54 Å². The second-order valence-electron chi connectivity index (χ2n) is 5.95. The van der Waals surface area contributed by atoms with Crippen molar-refractivity contribution >= 4 is 29.2 Å². The van der Waals surface area contributed by atoms with Gasteiger partial charge in [0, 0.05) is 29.3 Å². The predicted molar refractivity (Wildman–Crippen MR) is 104 cm³/mol. The number of furan rings is 1. The molecule has 2 aromatic carbocycles. The zero-order valence-electron chi connectivity index (χ0n) is 15.0. The van der Waals surface area contributed by atoms with Crippen molar-refractivity contribution in [2.24, 2.45) is 0 Å². The molecule has 0 aliphatic rings. The number of non-ortho nitro benzene ring substituents is 1. The van der Waals surface area contributed by atoms with Gasteiger partial charge in [0.2, 0.25) is 5.76 Å². The summed E-state index contributed by atoms with van der Waals surface area (Å²) in [6.45, 7) is -0.213. The molecule has 1 heterocycles. The lowest BCUT2D eigenvalue weighted by Gasteiger charge is -2.06. The predicted octanol–water partition coefficient (Wildman–Crippen LogP) is 3.98. The number of nitro benzene ring substituents is 1. The molecule has 0 saturated carbocycles. The van der Waals surface area contributed by atoms with Crippen molar-refractivity contribution in [3.05, 3.63) is 87.1 Å². The van der Waals surface area contributed by atoms with E-state index < -0.39 is 23.4 Å². The zero-order valence-corrected chi connectivity index (χ0v) is 15.7. The van der Waals surface area contributed by atoms with Gasteiger partial charge in [0.25, 0.3) is 11.6 Å². The maximum atomic E-state index is 12.1. The van der Waals surface area contributed by atoms with Crippen LogP contribution in [0.5, 0.6) is 0 Å². The summed E-state index contributed by atoms with van der Waals surface area (Å²) in [7, 11) is 0. The monoisotopic (exact) mass is 414 g/mol. The number of rotatable bonds is 7. The molecule has 8 nitrogen and oxygen atoms in total. The topological polar surface area (TPSA) is 112 Å². The number of hydrogen-bond donors (Lipinski definition) is 1. The zero-order chi connectivity index (χ0) is 20.8. The van der Waals surface area contributed by atoms with E-state index in [9.17, 15) is 19.7 Å². The lowest BCUT2D eigenvalue weighted by Crippen LogP contribution is -2.28. The lowest BCUT2D eigenvalue weighted by molar-refractivity contribution is -0.384. The number of carbonyl (C=O) groups is 2. The summed E-state index contributed by atoms with van der Waals surface area (Å²) >= 11 is 5.88. The fraction of sp³-hybridized carbons (Fsp3) is 0.100. The fourth-order valence-corrected chi connectivity index (χ4v) is 2.66. The summed E-state index contributed by atoms with van der Waals surface area (Å²) in [5.74, 6) is -1.00. The first kappa shape index (κ1) is 20.1. The van der Waals surface area contributed by atoms with Crippen LogP contribution < -0.4 is 5.32 Å². The van der Waals surface area contributed by atoms with Crippen molar-refractivity contribution in [3.8, 4) is 11.3 Å². The summed E-state index contributed by atoms with van der Waals surface area (Å²) < 4.78 is 10.4. The largest absolute Gasteiger partial charge is 0.450 e. The standard InChI is InChI=1S/C20H15ClN2O6/c21-15-3-1-2-13(10-15)11-22-19(24)12-28-20(25)18-9-8-17(29-18)14-4-6-16(7-5-14)23(26)27/h1-10H,11-12H2,(H,22,24). The number of nitro groups is 1. The van der Waals surface area contributed by atoms with E-state index in [0.717, 1.165) is 5.56 Å². The Morgan fingerprint density at radius 1 is 1.10 bits per heavy atom. The molecule has 1 N–H and O–H groups in total. The lowest BCUT2D eigenvalue weighted by atomic mass is 10.1. The Labute approximate surface area is 170 Å². The van der Waals surface area contributed by atoms with E-state index in [1.54, 1.807) is 24.3 Å². The molecule has 0 saturated heterocycles. The third-order valence-corrected chi connectivity index (χ3v) is 4.12. The minimum Gasteiger partial charge on any atom is -0.450 e. The van der Waals surface area contributed by atoms with E-state index in [4.69, 9.17) is 20.8 Å². The summed E-state index contributed by atoms with van der Waals surface area (Å²) in [5, 5.41) is 13.9. The van der Waals surface area contributed by atoms with Crippen LogP contribution in [0, 0.1) is 10.1 Å². The van der Waals surface area contributed by atoms with E-state index >= 15 is 0 Å².